The summed E-state index contributed by atoms with van der Waals surface area (Å²) in [4.78, 5) is 12.5. The van der Waals surface area contributed by atoms with Gasteiger partial charge in [0.25, 0.3) is 5.56 Å². The van der Waals surface area contributed by atoms with Gasteiger partial charge in [-0.3, -0.25) is 4.79 Å². The smallest absolute Gasteiger partial charge is 0.255 e. The van der Waals surface area contributed by atoms with E-state index in [2.05, 4.69) is 4.72 Å². The number of aromatic nitrogens is 1. The molecule has 7 heteroatoms. The predicted molar refractivity (Wildman–Crippen MR) is 104 cm³/mol. The number of aryl methyl sites for hydroxylation is 1. The molecule has 2 aromatic rings. The Balaban J connectivity index is 0.00000264. The monoisotopic (exact) mass is 374 g/mol. The molecule has 4 nitrogen and oxygen atoms in total. The molecule has 0 spiro atoms. The Labute approximate surface area is 151 Å². The molecule has 1 aromatic heterocycles. The Kier molecular flexibility index (Phi) is 6.49. The van der Waals surface area contributed by atoms with Crippen LogP contribution in [0.2, 0.25) is 5.02 Å². The molecule has 0 saturated carbocycles. The first-order chi connectivity index (χ1) is 10.1. The maximum absolute atomic E-state index is 12.5. The lowest BCUT2D eigenvalue weighted by Crippen LogP contribution is -2.37. The minimum absolute atomic E-state index is 0. The van der Waals surface area contributed by atoms with Crippen LogP contribution < -0.4 is 10.3 Å². The van der Waals surface area contributed by atoms with Crippen LogP contribution in [0.15, 0.2) is 29.1 Å². The van der Waals surface area contributed by atoms with Crippen molar-refractivity contribution in [1.29, 1.82) is 0 Å². The second-order valence-electron chi connectivity index (χ2n) is 6.39. The minimum Gasteiger partial charge on any atom is -0.311 e. The van der Waals surface area contributed by atoms with E-state index in [4.69, 9.17) is 11.6 Å². The van der Waals surface area contributed by atoms with Gasteiger partial charge in [0.2, 0.25) is 0 Å². The van der Waals surface area contributed by atoms with Crippen LogP contribution in [0.1, 0.15) is 39.3 Å². The summed E-state index contributed by atoms with van der Waals surface area (Å²) >= 11 is 6.04. The summed E-state index contributed by atoms with van der Waals surface area (Å²) in [6, 6.07) is 6.92. The van der Waals surface area contributed by atoms with Crippen molar-refractivity contribution < 1.29 is 4.21 Å². The fourth-order valence-corrected chi connectivity index (χ4v) is 3.17. The van der Waals surface area contributed by atoms with Crippen LogP contribution in [-0.2, 0) is 18.0 Å². The molecule has 1 N–H and O–H groups in total. The second kappa shape index (κ2) is 7.38. The first-order valence-electron chi connectivity index (χ1n) is 7.08. The van der Waals surface area contributed by atoms with E-state index in [0.29, 0.717) is 10.6 Å². The zero-order valence-corrected chi connectivity index (χ0v) is 16.5. The van der Waals surface area contributed by atoms with Gasteiger partial charge in [-0.05, 0) is 52.0 Å². The molecular weight excluding hydrogens is 352 g/mol. The normalized spacial score (nSPS) is 14.3. The third-order valence-corrected chi connectivity index (χ3v) is 5.44. The fraction of sp³-hybridized carbons (Fsp3) is 0.438. The maximum atomic E-state index is 12.5. The van der Waals surface area contributed by atoms with Crippen molar-refractivity contribution in [3.8, 4) is 0 Å². The molecule has 0 radical (unpaired) electrons. The van der Waals surface area contributed by atoms with Crippen LogP contribution >= 0.6 is 25.1 Å². The van der Waals surface area contributed by atoms with E-state index in [0.717, 1.165) is 10.9 Å². The number of hydrogen-bond donors (Lipinski definition) is 1. The minimum atomic E-state index is -1.25. The molecule has 0 amide bonds. The van der Waals surface area contributed by atoms with Crippen LogP contribution in [0.4, 0.5) is 0 Å². The summed E-state index contributed by atoms with van der Waals surface area (Å²) in [5.74, 6) is 0. The predicted octanol–water partition coefficient (Wildman–Crippen LogP) is 3.42. The summed E-state index contributed by atoms with van der Waals surface area (Å²) in [7, 11) is 0.487. The number of benzene rings is 1. The average Bonchev–Trinajstić information content (AvgIpc) is 2.41. The summed E-state index contributed by atoms with van der Waals surface area (Å²) in [5, 5.41) is 1.51. The van der Waals surface area contributed by atoms with E-state index in [1.807, 2.05) is 45.9 Å². The van der Waals surface area contributed by atoms with Gasteiger partial charge in [-0.1, -0.05) is 11.6 Å². The van der Waals surface area contributed by atoms with Crippen LogP contribution in [-0.4, -0.2) is 13.5 Å². The Morgan fingerprint density at radius 2 is 1.87 bits per heavy atom. The van der Waals surface area contributed by atoms with Gasteiger partial charge in [-0.25, -0.2) is 8.93 Å². The molecule has 2 rings (SSSR count). The lowest BCUT2D eigenvalue weighted by Gasteiger charge is -2.22. The van der Waals surface area contributed by atoms with Gasteiger partial charge in [-0.2, -0.15) is 13.5 Å². The largest absolute Gasteiger partial charge is 0.311 e. The number of halogens is 1. The summed E-state index contributed by atoms with van der Waals surface area (Å²) in [6.45, 7) is 7.51. The van der Waals surface area contributed by atoms with Crippen LogP contribution in [0.3, 0.4) is 0 Å². The highest BCUT2D eigenvalue weighted by molar-refractivity contribution is 7.84. The van der Waals surface area contributed by atoms with E-state index in [-0.39, 0.29) is 29.8 Å². The number of nitrogens with one attached hydrogen (secondary N) is 1. The average molecular weight is 375 g/mol. The van der Waals surface area contributed by atoms with Crippen molar-refractivity contribution in [1.82, 2.24) is 9.29 Å². The SMILES string of the molecule is C[C@H](NS(=O)C(C)(C)C)c1cc2cc(Cl)ccc2n(C)c1=O.S. The van der Waals surface area contributed by atoms with Crippen molar-refractivity contribution in [2.24, 2.45) is 7.05 Å². The molecule has 0 aliphatic rings. The van der Waals surface area contributed by atoms with Crippen LogP contribution in [0.5, 0.6) is 0 Å². The van der Waals surface area contributed by atoms with Crippen LogP contribution in [0.25, 0.3) is 10.9 Å². The highest BCUT2D eigenvalue weighted by Gasteiger charge is 2.23. The van der Waals surface area contributed by atoms with Crippen molar-refractivity contribution in [2.75, 3.05) is 0 Å². The van der Waals surface area contributed by atoms with Gasteiger partial charge in [0.05, 0.1) is 21.2 Å². The molecule has 1 heterocycles. The fourth-order valence-electron chi connectivity index (χ4n) is 2.19. The first-order valence-corrected chi connectivity index (χ1v) is 8.61. The topological polar surface area (TPSA) is 51.1 Å². The third kappa shape index (κ3) is 4.38. The maximum Gasteiger partial charge on any atom is 0.255 e. The van der Waals surface area contributed by atoms with E-state index >= 15 is 0 Å². The molecule has 2 atom stereocenters. The molecule has 1 aromatic carbocycles. The lowest BCUT2D eigenvalue weighted by molar-refractivity contribution is 0.613. The van der Waals surface area contributed by atoms with Gasteiger partial charge in [0.15, 0.2) is 0 Å². The molecular formula is C16H23ClN2O2S2. The Morgan fingerprint density at radius 3 is 2.43 bits per heavy atom. The molecule has 23 heavy (non-hydrogen) atoms. The van der Waals surface area contributed by atoms with Gasteiger partial charge in [-0.15, -0.1) is 0 Å². The van der Waals surface area contributed by atoms with E-state index < -0.39 is 11.0 Å². The number of rotatable bonds is 3. The molecule has 0 bridgehead atoms. The molecule has 0 aliphatic heterocycles. The number of fused-ring (bicyclic) bond motifs is 1. The Bertz CT molecular complexity index is 797. The summed E-state index contributed by atoms with van der Waals surface area (Å²) < 4.78 is 16.4. The van der Waals surface area contributed by atoms with Crippen molar-refractivity contribution in [2.45, 2.75) is 38.5 Å². The summed E-state index contributed by atoms with van der Waals surface area (Å²) in [5.41, 5.74) is 1.30. The lowest BCUT2D eigenvalue weighted by atomic mass is 10.1. The van der Waals surface area contributed by atoms with Gasteiger partial charge in [0.1, 0.15) is 0 Å². The van der Waals surface area contributed by atoms with Crippen molar-refractivity contribution in [3.63, 3.8) is 0 Å². The summed E-state index contributed by atoms with van der Waals surface area (Å²) in [6.07, 6.45) is 0. The third-order valence-electron chi connectivity index (χ3n) is 3.52. The first kappa shape index (κ1) is 20.2. The quantitative estimate of drug-likeness (QED) is 0.894. The van der Waals surface area contributed by atoms with Crippen molar-refractivity contribution >= 4 is 47.0 Å². The molecule has 1 unspecified atom stereocenters. The molecule has 128 valence electrons. The number of pyridine rings is 1. The van der Waals surface area contributed by atoms with Crippen LogP contribution in [0, 0.1) is 0 Å². The molecule has 0 aliphatic carbocycles. The van der Waals surface area contributed by atoms with Gasteiger partial charge >= 0.3 is 0 Å². The highest BCUT2D eigenvalue weighted by Crippen LogP contribution is 2.21. The van der Waals surface area contributed by atoms with Crippen molar-refractivity contribution in [3.05, 3.63) is 45.2 Å². The standard InChI is InChI=1S/C16H21ClN2O2S.H2S/c1-10(18-22(21)16(2,3)4)13-9-11-8-12(17)6-7-14(11)19(5)15(13)20;/h6-10,18H,1-5H3;1H2/t10-,22?;/m0./s1. The Hall–Kier alpha value is -0.820. The highest BCUT2D eigenvalue weighted by atomic mass is 35.5. The Morgan fingerprint density at radius 1 is 1.26 bits per heavy atom. The van der Waals surface area contributed by atoms with E-state index in [9.17, 15) is 9.00 Å². The molecule has 0 saturated heterocycles. The van der Waals surface area contributed by atoms with Gasteiger partial charge in [0, 0.05) is 29.1 Å². The zero-order valence-electron chi connectivity index (χ0n) is 13.9. The molecule has 0 fully saturated rings. The van der Waals surface area contributed by atoms with Gasteiger partial charge < -0.3 is 4.57 Å². The van der Waals surface area contributed by atoms with E-state index in [1.165, 1.54) is 0 Å². The number of nitrogens with zero attached hydrogens (tertiary/aromatic N) is 1. The number of hydrogen-bond acceptors (Lipinski definition) is 2. The zero-order chi connectivity index (χ0) is 16.7. The second-order valence-corrected chi connectivity index (χ2v) is 8.82. The van der Waals surface area contributed by atoms with E-state index in [1.54, 1.807) is 17.7 Å².